The largest absolute Gasteiger partial charge is 0.467 e. The Morgan fingerprint density at radius 2 is 2.24 bits per heavy atom. The lowest BCUT2D eigenvalue weighted by Crippen LogP contribution is -2.12. The normalized spacial score (nSPS) is 13.1. The van der Waals surface area contributed by atoms with Gasteiger partial charge in [0, 0.05) is 7.05 Å². The van der Waals surface area contributed by atoms with Gasteiger partial charge >= 0.3 is 0 Å². The first-order valence-electron chi connectivity index (χ1n) is 7.19. The van der Waals surface area contributed by atoms with E-state index < -0.39 is 0 Å². The third kappa shape index (κ3) is 2.25. The molecular formula is C15H19ClN4O. The fourth-order valence-corrected chi connectivity index (χ4v) is 3.00. The molecule has 0 N–H and O–H groups in total. The molecule has 0 aliphatic heterocycles. The molecule has 0 radical (unpaired) electrons. The molecule has 0 amide bonds. The van der Waals surface area contributed by atoms with Crippen molar-refractivity contribution >= 4 is 22.8 Å². The summed E-state index contributed by atoms with van der Waals surface area (Å²) >= 11 is 6.10. The molecule has 6 heteroatoms. The van der Waals surface area contributed by atoms with Crippen LogP contribution in [0.2, 0.25) is 0 Å². The Morgan fingerprint density at radius 3 is 2.86 bits per heavy atom. The number of imidazole rings is 1. The molecule has 0 bridgehead atoms. The Balaban J connectivity index is 2.20. The lowest BCUT2D eigenvalue weighted by molar-refractivity contribution is 0.443. The van der Waals surface area contributed by atoms with E-state index in [-0.39, 0.29) is 6.04 Å². The molecule has 21 heavy (non-hydrogen) atoms. The van der Waals surface area contributed by atoms with Crippen LogP contribution in [0.4, 0.5) is 0 Å². The first-order valence-corrected chi connectivity index (χ1v) is 7.72. The molecule has 5 nitrogen and oxygen atoms in total. The summed E-state index contributed by atoms with van der Waals surface area (Å²) in [4.78, 5) is 4.71. The Bertz CT molecular complexity index is 741. The van der Waals surface area contributed by atoms with Gasteiger partial charge in [-0.2, -0.15) is 5.10 Å². The van der Waals surface area contributed by atoms with Crippen LogP contribution in [0.15, 0.2) is 22.8 Å². The van der Waals surface area contributed by atoms with Crippen LogP contribution in [0.3, 0.4) is 0 Å². The molecule has 0 aromatic carbocycles. The predicted molar refractivity (Wildman–Crippen MR) is 82.6 cm³/mol. The van der Waals surface area contributed by atoms with E-state index in [1.165, 1.54) is 0 Å². The van der Waals surface area contributed by atoms with Gasteiger partial charge in [0.05, 0.1) is 23.9 Å². The van der Waals surface area contributed by atoms with Crippen molar-refractivity contribution in [2.75, 3.05) is 0 Å². The smallest absolute Gasteiger partial charge is 0.159 e. The number of hydrogen-bond acceptors (Lipinski definition) is 3. The fourth-order valence-electron chi connectivity index (χ4n) is 2.81. The molecule has 112 valence electrons. The molecule has 0 aliphatic carbocycles. The van der Waals surface area contributed by atoms with Crippen LogP contribution in [0.1, 0.15) is 43.6 Å². The molecule has 0 aliphatic rings. The summed E-state index contributed by atoms with van der Waals surface area (Å²) in [7, 11) is 1.95. The number of halogens is 1. The topological polar surface area (TPSA) is 48.8 Å². The summed E-state index contributed by atoms with van der Waals surface area (Å²) in [5.41, 5.74) is 2.98. The van der Waals surface area contributed by atoms with Gasteiger partial charge in [-0.3, -0.25) is 4.68 Å². The van der Waals surface area contributed by atoms with E-state index in [0.717, 1.165) is 41.3 Å². The molecule has 0 saturated heterocycles. The van der Waals surface area contributed by atoms with E-state index in [0.29, 0.717) is 5.88 Å². The SMILES string of the molecule is CCCc1nn(C)c2c1nc(CCl)n2C(C)c1ccco1. The third-order valence-electron chi connectivity index (χ3n) is 3.76. The maximum atomic E-state index is 6.10. The van der Waals surface area contributed by atoms with Crippen molar-refractivity contribution in [3.63, 3.8) is 0 Å². The second-order valence-electron chi connectivity index (χ2n) is 5.22. The van der Waals surface area contributed by atoms with Crippen LogP contribution < -0.4 is 0 Å². The minimum Gasteiger partial charge on any atom is -0.467 e. The highest BCUT2D eigenvalue weighted by molar-refractivity contribution is 6.16. The standard InChI is InChI=1S/C15H19ClN4O/c1-4-6-11-14-15(19(3)18-11)20(13(9-16)17-14)10(2)12-7-5-8-21-12/h5,7-8,10H,4,6,9H2,1-3H3. The quantitative estimate of drug-likeness (QED) is 0.676. The Labute approximate surface area is 128 Å². The van der Waals surface area contributed by atoms with Gasteiger partial charge in [-0.15, -0.1) is 11.6 Å². The zero-order valence-electron chi connectivity index (χ0n) is 12.5. The highest BCUT2D eigenvalue weighted by Crippen LogP contribution is 2.28. The van der Waals surface area contributed by atoms with Crippen LogP contribution in [-0.4, -0.2) is 19.3 Å². The zero-order valence-corrected chi connectivity index (χ0v) is 13.3. The highest BCUT2D eigenvalue weighted by atomic mass is 35.5. The Hall–Kier alpha value is -1.75. The zero-order chi connectivity index (χ0) is 15.0. The van der Waals surface area contributed by atoms with Crippen molar-refractivity contribution in [2.45, 2.75) is 38.6 Å². The maximum absolute atomic E-state index is 6.10. The molecule has 0 spiro atoms. The summed E-state index contributed by atoms with van der Waals surface area (Å²) < 4.78 is 9.55. The highest BCUT2D eigenvalue weighted by Gasteiger charge is 2.23. The molecule has 3 heterocycles. The molecule has 3 aromatic rings. The predicted octanol–water partition coefficient (Wildman–Crippen LogP) is 3.66. The van der Waals surface area contributed by atoms with Crippen molar-refractivity contribution in [3.05, 3.63) is 35.7 Å². The number of alkyl halides is 1. The van der Waals surface area contributed by atoms with Gasteiger partial charge in [-0.05, 0) is 25.5 Å². The minimum atomic E-state index is 0.0311. The first kappa shape index (κ1) is 14.2. The van der Waals surface area contributed by atoms with Crippen LogP contribution >= 0.6 is 11.6 Å². The molecule has 3 aromatic heterocycles. The van der Waals surface area contributed by atoms with Crippen LogP contribution in [-0.2, 0) is 19.3 Å². The molecule has 1 unspecified atom stereocenters. The monoisotopic (exact) mass is 306 g/mol. The van der Waals surface area contributed by atoms with E-state index in [9.17, 15) is 0 Å². The van der Waals surface area contributed by atoms with Gasteiger partial charge in [0.25, 0.3) is 0 Å². The van der Waals surface area contributed by atoms with Crippen LogP contribution in [0, 0.1) is 0 Å². The second kappa shape index (κ2) is 5.56. The lowest BCUT2D eigenvalue weighted by atomic mass is 10.2. The maximum Gasteiger partial charge on any atom is 0.159 e. The molecule has 0 saturated carbocycles. The Morgan fingerprint density at radius 1 is 1.43 bits per heavy atom. The number of nitrogens with zero attached hydrogens (tertiary/aromatic N) is 4. The van der Waals surface area contributed by atoms with E-state index in [1.54, 1.807) is 6.26 Å². The van der Waals surface area contributed by atoms with Crippen LogP contribution in [0.25, 0.3) is 11.2 Å². The van der Waals surface area contributed by atoms with Crippen molar-refractivity contribution in [1.82, 2.24) is 19.3 Å². The second-order valence-corrected chi connectivity index (χ2v) is 5.48. The average Bonchev–Trinajstić information content (AvgIpc) is 3.17. The number of aryl methyl sites for hydroxylation is 2. The van der Waals surface area contributed by atoms with E-state index >= 15 is 0 Å². The van der Waals surface area contributed by atoms with E-state index in [1.807, 2.05) is 23.9 Å². The van der Waals surface area contributed by atoms with Gasteiger partial charge in [-0.25, -0.2) is 4.98 Å². The molecule has 1 atom stereocenters. The van der Waals surface area contributed by atoms with Gasteiger partial charge in [0.2, 0.25) is 0 Å². The summed E-state index contributed by atoms with van der Waals surface area (Å²) in [6.45, 7) is 4.23. The molecule has 3 rings (SSSR count). The summed E-state index contributed by atoms with van der Waals surface area (Å²) in [6.07, 6.45) is 3.65. The number of furan rings is 1. The van der Waals surface area contributed by atoms with Gasteiger partial charge in [0.15, 0.2) is 5.65 Å². The summed E-state index contributed by atoms with van der Waals surface area (Å²) in [6, 6.07) is 3.90. The number of aromatic nitrogens is 4. The van der Waals surface area contributed by atoms with Crippen LogP contribution in [0.5, 0.6) is 0 Å². The number of hydrogen-bond donors (Lipinski definition) is 0. The Kier molecular flexibility index (Phi) is 3.76. The third-order valence-corrected chi connectivity index (χ3v) is 4.00. The first-order chi connectivity index (χ1) is 10.2. The molecular weight excluding hydrogens is 288 g/mol. The summed E-state index contributed by atoms with van der Waals surface area (Å²) in [5.74, 6) is 2.10. The number of fused-ring (bicyclic) bond motifs is 1. The van der Waals surface area contributed by atoms with Crippen molar-refractivity contribution < 1.29 is 4.42 Å². The van der Waals surface area contributed by atoms with Crippen molar-refractivity contribution in [1.29, 1.82) is 0 Å². The van der Waals surface area contributed by atoms with Gasteiger partial charge in [0.1, 0.15) is 17.1 Å². The van der Waals surface area contributed by atoms with Crippen molar-refractivity contribution in [3.8, 4) is 0 Å². The lowest BCUT2D eigenvalue weighted by Gasteiger charge is -2.14. The van der Waals surface area contributed by atoms with E-state index in [2.05, 4.69) is 23.5 Å². The fraction of sp³-hybridized carbons (Fsp3) is 0.467. The average molecular weight is 307 g/mol. The summed E-state index contributed by atoms with van der Waals surface area (Å²) in [5, 5.41) is 4.60. The number of rotatable bonds is 5. The van der Waals surface area contributed by atoms with Gasteiger partial charge in [-0.1, -0.05) is 13.3 Å². The molecule has 0 fully saturated rings. The minimum absolute atomic E-state index is 0.0311. The van der Waals surface area contributed by atoms with Crippen molar-refractivity contribution in [2.24, 2.45) is 7.05 Å². The van der Waals surface area contributed by atoms with Gasteiger partial charge < -0.3 is 8.98 Å². The van der Waals surface area contributed by atoms with E-state index in [4.69, 9.17) is 21.0 Å².